The van der Waals surface area contributed by atoms with Crippen molar-refractivity contribution in [2.45, 2.75) is 38.9 Å². The molecule has 0 N–H and O–H groups in total. The molecule has 1 aliphatic rings. The summed E-state index contributed by atoms with van der Waals surface area (Å²) in [6.07, 6.45) is 0.529. The van der Waals surface area contributed by atoms with Gasteiger partial charge in [-0.25, -0.2) is 8.78 Å². The predicted molar refractivity (Wildman–Crippen MR) is 73.8 cm³/mol. The highest BCUT2D eigenvalue weighted by Crippen LogP contribution is 2.71. The van der Waals surface area contributed by atoms with Gasteiger partial charge in [0, 0.05) is 4.83 Å². The third-order valence-electron chi connectivity index (χ3n) is 4.94. The van der Waals surface area contributed by atoms with Gasteiger partial charge < -0.3 is 0 Å². The van der Waals surface area contributed by atoms with Crippen LogP contribution < -0.4 is 0 Å². The molecule has 0 spiro atoms. The monoisotopic (exact) mass is 316 g/mol. The van der Waals surface area contributed by atoms with Gasteiger partial charge >= 0.3 is 0 Å². The second-order valence-electron chi connectivity index (χ2n) is 6.35. The molecule has 0 nitrogen and oxygen atoms in total. The molecule has 2 rings (SSSR count). The zero-order valence-electron chi connectivity index (χ0n) is 11.2. The number of hydrogen-bond acceptors (Lipinski definition) is 0. The summed E-state index contributed by atoms with van der Waals surface area (Å²) in [7, 11) is 0. The van der Waals surface area contributed by atoms with E-state index in [0.717, 1.165) is 6.07 Å². The molecule has 1 fully saturated rings. The van der Waals surface area contributed by atoms with Crippen molar-refractivity contribution in [3.8, 4) is 0 Å². The summed E-state index contributed by atoms with van der Waals surface area (Å²) in [6, 6.07) is 4.39. The van der Waals surface area contributed by atoms with Crippen molar-refractivity contribution in [2.24, 2.45) is 16.7 Å². The van der Waals surface area contributed by atoms with Gasteiger partial charge in [-0.15, -0.1) is 0 Å². The van der Waals surface area contributed by atoms with Crippen molar-refractivity contribution in [1.82, 2.24) is 0 Å². The Kier molecular flexibility index (Phi) is 3.33. The van der Waals surface area contributed by atoms with Gasteiger partial charge in [0.15, 0.2) is 11.6 Å². The molecule has 1 aromatic rings. The van der Waals surface area contributed by atoms with Gasteiger partial charge in [0.2, 0.25) is 0 Å². The molecule has 0 bridgehead atoms. The van der Waals surface area contributed by atoms with Gasteiger partial charge in [-0.1, -0.05) is 55.8 Å². The van der Waals surface area contributed by atoms with Gasteiger partial charge in [-0.3, -0.25) is 0 Å². The average Bonchev–Trinajstić information content (AvgIpc) is 2.65. The van der Waals surface area contributed by atoms with Gasteiger partial charge in [0.1, 0.15) is 0 Å². The topological polar surface area (TPSA) is 0 Å². The number of alkyl halides is 1. The van der Waals surface area contributed by atoms with Crippen LogP contribution in [0.15, 0.2) is 18.2 Å². The summed E-state index contributed by atoms with van der Waals surface area (Å²) in [6.45, 7) is 8.92. The molecule has 0 amide bonds. The molecule has 100 valence electrons. The lowest BCUT2D eigenvalue weighted by Gasteiger charge is -2.13. The summed E-state index contributed by atoms with van der Waals surface area (Å²) in [5, 5.41) is 0. The Balaban J connectivity index is 2.14. The number of hydrogen-bond donors (Lipinski definition) is 0. The zero-order valence-corrected chi connectivity index (χ0v) is 12.8. The molecule has 0 aromatic heterocycles. The van der Waals surface area contributed by atoms with E-state index in [1.165, 1.54) is 0 Å². The normalized spacial score (nSPS) is 22.8. The van der Waals surface area contributed by atoms with E-state index in [2.05, 4.69) is 43.6 Å². The summed E-state index contributed by atoms with van der Waals surface area (Å²) < 4.78 is 26.8. The summed E-state index contributed by atoms with van der Waals surface area (Å²) in [5.74, 6) is -0.993. The Bertz CT molecular complexity index is 452. The van der Waals surface area contributed by atoms with E-state index in [0.29, 0.717) is 17.9 Å². The molecule has 1 unspecified atom stereocenters. The van der Waals surface area contributed by atoms with E-state index < -0.39 is 11.6 Å². The van der Waals surface area contributed by atoms with Crippen molar-refractivity contribution in [1.29, 1.82) is 0 Å². The molecular formula is C15H19BrF2. The predicted octanol–water partition coefficient (Wildman–Crippen LogP) is 4.95. The van der Waals surface area contributed by atoms with Crippen molar-refractivity contribution in [2.75, 3.05) is 0 Å². The maximum Gasteiger partial charge on any atom is 0.162 e. The summed E-state index contributed by atoms with van der Waals surface area (Å²) in [4.78, 5) is 0.179. The Morgan fingerprint density at radius 1 is 1.17 bits per heavy atom. The maximum absolute atomic E-state index is 13.6. The lowest BCUT2D eigenvalue weighted by molar-refractivity contribution is 0.457. The van der Waals surface area contributed by atoms with Crippen LogP contribution >= 0.6 is 15.9 Å². The summed E-state index contributed by atoms with van der Waals surface area (Å²) in [5.41, 5.74) is 0.936. The quantitative estimate of drug-likeness (QED) is 0.692. The molecule has 3 heteroatoms. The first-order chi connectivity index (χ1) is 8.19. The minimum atomic E-state index is -0.762. The van der Waals surface area contributed by atoms with Crippen molar-refractivity contribution in [3.05, 3.63) is 35.4 Å². The van der Waals surface area contributed by atoms with E-state index in [1.807, 2.05) is 0 Å². The molecule has 18 heavy (non-hydrogen) atoms. The van der Waals surface area contributed by atoms with Crippen LogP contribution in [-0.4, -0.2) is 4.83 Å². The zero-order chi connectivity index (χ0) is 13.7. The van der Waals surface area contributed by atoms with Crippen molar-refractivity contribution >= 4 is 15.9 Å². The molecule has 1 aromatic carbocycles. The number of rotatable bonds is 3. The fourth-order valence-corrected chi connectivity index (χ4v) is 4.86. The fraction of sp³-hybridized carbons (Fsp3) is 0.600. The Morgan fingerprint density at radius 3 is 2.22 bits per heavy atom. The number of halogens is 3. The smallest absolute Gasteiger partial charge is 0.162 e. The lowest BCUT2D eigenvalue weighted by Crippen LogP contribution is -2.12. The van der Waals surface area contributed by atoms with Gasteiger partial charge in [0.05, 0.1) is 0 Å². The second-order valence-corrected chi connectivity index (χ2v) is 7.53. The molecule has 0 heterocycles. The molecular weight excluding hydrogens is 298 g/mol. The Morgan fingerprint density at radius 2 is 1.72 bits per heavy atom. The van der Waals surface area contributed by atoms with Crippen LogP contribution in [0.1, 0.15) is 33.3 Å². The van der Waals surface area contributed by atoms with Crippen LogP contribution in [-0.2, 0) is 6.42 Å². The molecule has 0 aliphatic heterocycles. The molecule has 1 aliphatic carbocycles. The highest BCUT2D eigenvalue weighted by molar-refractivity contribution is 9.09. The molecule has 0 radical (unpaired) electrons. The average molecular weight is 317 g/mol. The van der Waals surface area contributed by atoms with Crippen LogP contribution in [0.5, 0.6) is 0 Å². The third-order valence-corrected chi connectivity index (χ3v) is 5.79. The number of benzene rings is 1. The molecule has 1 atom stereocenters. The maximum atomic E-state index is 13.6. The van der Waals surface area contributed by atoms with E-state index in [-0.39, 0.29) is 15.7 Å². The highest BCUT2D eigenvalue weighted by Gasteiger charge is 2.66. The Hall–Kier alpha value is -0.440. The highest BCUT2D eigenvalue weighted by atomic mass is 79.9. The van der Waals surface area contributed by atoms with Crippen LogP contribution in [0.25, 0.3) is 0 Å². The third kappa shape index (κ3) is 2.01. The summed E-state index contributed by atoms with van der Waals surface area (Å²) >= 11 is 3.66. The largest absolute Gasteiger partial charge is 0.204 e. The van der Waals surface area contributed by atoms with Crippen LogP contribution in [0, 0.1) is 28.4 Å². The SMILES string of the molecule is CC1(C)C(C(Br)Cc2cccc(F)c2F)C1(C)C. The van der Waals surface area contributed by atoms with E-state index in [4.69, 9.17) is 0 Å². The minimum Gasteiger partial charge on any atom is -0.204 e. The lowest BCUT2D eigenvalue weighted by atomic mass is 10.0. The standard InChI is InChI=1S/C15H19BrF2/c1-14(2)13(15(14,3)4)10(16)8-9-6-5-7-11(17)12(9)18/h5-7,10,13H,8H2,1-4H3. The first-order valence-electron chi connectivity index (χ1n) is 6.26. The fourth-order valence-electron chi connectivity index (χ4n) is 3.19. The van der Waals surface area contributed by atoms with Gasteiger partial charge in [-0.2, -0.15) is 0 Å². The van der Waals surface area contributed by atoms with E-state index in [1.54, 1.807) is 12.1 Å². The second kappa shape index (κ2) is 4.29. The van der Waals surface area contributed by atoms with Crippen LogP contribution in [0.3, 0.4) is 0 Å². The first kappa shape index (κ1) is 14.0. The van der Waals surface area contributed by atoms with Gasteiger partial charge in [0.25, 0.3) is 0 Å². The van der Waals surface area contributed by atoms with Crippen LogP contribution in [0.2, 0.25) is 0 Å². The van der Waals surface area contributed by atoms with Crippen LogP contribution in [0.4, 0.5) is 8.78 Å². The van der Waals surface area contributed by atoms with Gasteiger partial charge in [-0.05, 0) is 34.8 Å². The van der Waals surface area contributed by atoms with E-state index >= 15 is 0 Å². The minimum absolute atomic E-state index is 0.179. The molecule has 1 saturated carbocycles. The Labute approximate surface area is 116 Å². The molecule has 0 saturated heterocycles. The van der Waals surface area contributed by atoms with E-state index in [9.17, 15) is 8.78 Å². The van der Waals surface area contributed by atoms with Crippen molar-refractivity contribution in [3.63, 3.8) is 0 Å². The van der Waals surface area contributed by atoms with Crippen molar-refractivity contribution < 1.29 is 8.78 Å². The first-order valence-corrected chi connectivity index (χ1v) is 7.18.